The Morgan fingerprint density at radius 3 is 2.40 bits per heavy atom. The highest BCUT2D eigenvalue weighted by Gasteiger charge is 2.38. The molecule has 0 aliphatic carbocycles. The Morgan fingerprint density at radius 1 is 0.962 bits per heavy atom. The van der Waals surface area contributed by atoms with Gasteiger partial charge in [0.25, 0.3) is 5.91 Å². The predicted molar refractivity (Wildman–Crippen MR) is 205 cm³/mol. The molecule has 1 saturated heterocycles. The van der Waals surface area contributed by atoms with E-state index >= 15 is 0 Å². The maximum atomic E-state index is 14.0. The van der Waals surface area contributed by atoms with Crippen LogP contribution in [0.3, 0.4) is 0 Å². The minimum Gasteiger partial charge on any atom is -0.390 e. The molecule has 4 N–H and O–H groups in total. The molecule has 1 fully saturated rings. The van der Waals surface area contributed by atoms with Gasteiger partial charge in [0.05, 0.1) is 23.7 Å². The van der Waals surface area contributed by atoms with Crippen molar-refractivity contribution in [3.8, 4) is 0 Å². The van der Waals surface area contributed by atoms with Gasteiger partial charge in [-0.05, 0) is 76.6 Å². The molecule has 5 rings (SSSR count). The van der Waals surface area contributed by atoms with Crippen molar-refractivity contribution in [2.24, 2.45) is 5.92 Å². The van der Waals surface area contributed by atoms with Gasteiger partial charge >= 0.3 is 0 Å². The first-order chi connectivity index (χ1) is 24.8. The Morgan fingerprint density at radius 2 is 1.69 bits per heavy atom. The summed E-state index contributed by atoms with van der Waals surface area (Å²) >= 11 is 1.58. The van der Waals surface area contributed by atoms with Crippen LogP contribution < -0.4 is 16.0 Å². The number of piperidine rings is 1. The predicted octanol–water partition coefficient (Wildman–Crippen LogP) is 4.72. The van der Waals surface area contributed by atoms with Gasteiger partial charge < -0.3 is 21.1 Å². The Hall–Kier alpha value is -4.39. The summed E-state index contributed by atoms with van der Waals surface area (Å²) in [6, 6.07) is 20.4. The number of nitrogens with zero attached hydrogens (tertiary/aromatic N) is 4. The number of carbonyl (C=O) groups excluding carboxylic acids is 3. The molecule has 3 heterocycles. The fourth-order valence-electron chi connectivity index (χ4n) is 6.40. The van der Waals surface area contributed by atoms with Crippen LogP contribution in [0, 0.1) is 12.8 Å². The quantitative estimate of drug-likeness (QED) is 0.144. The van der Waals surface area contributed by atoms with Crippen LogP contribution in [0.25, 0.3) is 10.9 Å². The maximum absolute atomic E-state index is 14.0. The van der Waals surface area contributed by atoms with Crippen LogP contribution >= 0.6 is 11.8 Å². The zero-order chi connectivity index (χ0) is 37.4. The lowest BCUT2D eigenvalue weighted by molar-refractivity contribution is -0.130. The fraction of sp³-hybridized carbons (Fsp3) is 0.450. The van der Waals surface area contributed by atoms with E-state index in [2.05, 4.69) is 30.9 Å². The smallest absolute Gasteiger partial charge is 0.270 e. The monoisotopic (exact) mass is 725 g/mol. The van der Waals surface area contributed by atoms with Crippen molar-refractivity contribution in [2.75, 3.05) is 13.1 Å². The molecule has 5 atom stereocenters. The third kappa shape index (κ3) is 10.8. The van der Waals surface area contributed by atoms with Crippen LogP contribution in [0.2, 0.25) is 0 Å². The van der Waals surface area contributed by atoms with Crippen LogP contribution in [0.4, 0.5) is 0 Å². The Labute approximate surface area is 310 Å². The largest absolute Gasteiger partial charge is 0.390 e. The number of pyridine rings is 1. The summed E-state index contributed by atoms with van der Waals surface area (Å²) in [7, 11) is 0. The molecule has 0 unspecified atom stereocenters. The lowest BCUT2D eigenvalue weighted by atomic mass is 9.95. The zero-order valence-electron chi connectivity index (χ0n) is 30.9. The van der Waals surface area contributed by atoms with E-state index in [-0.39, 0.29) is 29.3 Å². The third-order valence-electron chi connectivity index (χ3n) is 9.09. The van der Waals surface area contributed by atoms with Gasteiger partial charge in [0.1, 0.15) is 11.7 Å². The minimum absolute atomic E-state index is 0.108. The van der Waals surface area contributed by atoms with E-state index in [4.69, 9.17) is 0 Å². The topological polar surface area (TPSA) is 149 Å². The standard InChI is InChI=1S/C40H51N7O4S/c1-25(2)35(45-36(49)31-17-16-28-14-10-11-15-30(28)43-31)38(51)44-32(22-27-12-8-7-9-13-27)34(48)24-47-21-19-29(52-39-41-20-18-26(3)42-39)23-33(47)37(50)46-40(4,5)6/h7-18,20,25,29,32-35,48H,19,21-24H2,1-6H3,(H,44,51)(H,45,49)(H,46,50)/t29-,32+,33+,34-,35+/m1/s1. The number of amides is 3. The number of likely N-dealkylation sites (tertiary alicyclic amines) is 1. The highest BCUT2D eigenvalue weighted by molar-refractivity contribution is 7.99. The summed E-state index contributed by atoms with van der Waals surface area (Å²) < 4.78 is 0. The number of thioether (sulfide) groups is 1. The molecule has 4 aromatic rings. The van der Waals surface area contributed by atoms with Gasteiger partial charge in [-0.2, -0.15) is 0 Å². The number of hydrogen-bond acceptors (Lipinski definition) is 9. The summed E-state index contributed by atoms with van der Waals surface area (Å²) in [6.45, 7) is 12.2. The highest BCUT2D eigenvalue weighted by Crippen LogP contribution is 2.32. The Kier molecular flexibility index (Phi) is 13.0. The summed E-state index contributed by atoms with van der Waals surface area (Å²) in [6.07, 6.45) is 2.40. The number of carbonyl (C=O) groups is 3. The van der Waals surface area contributed by atoms with Crippen molar-refractivity contribution in [3.05, 3.63) is 95.9 Å². The van der Waals surface area contributed by atoms with Crippen LogP contribution in [0.5, 0.6) is 0 Å². The molecule has 3 amide bonds. The van der Waals surface area contributed by atoms with Crippen LogP contribution in [0.1, 0.15) is 69.2 Å². The number of rotatable bonds is 13. The molecule has 11 nitrogen and oxygen atoms in total. The third-order valence-corrected chi connectivity index (χ3v) is 10.3. The fourth-order valence-corrected chi connectivity index (χ4v) is 7.52. The van der Waals surface area contributed by atoms with Gasteiger partial charge in [0, 0.05) is 41.2 Å². The number of aliphatic hydroxyl groups is 1. The zero-order valence-corrected chi connectivity index (χ0v) is 31.7. The van der Waals surface area contributed by atoms with Crippen LogP contribution in [-0.4, -0.2) is 90.8 Å². The lowest BCUT2D eigenvalue weighted by Gasteiger charge is -2.41. The van der Waals surface area contributed by atoms with Crippen molar-refractivity contribution in [1.82, 2.24) is 35.8 Å². The number of hydrogen-bond donors (Lipinski definition) is 4. The first kappa shape index (κ1) is 38.8. The second-order valence-electron chi connectivity index (χ2n) is 15.0. The second-order valence-corrected chi connectivity index (χ2v) is 16.2. The molecule has 1 aliphatic rings. The Balaban J connectivity index is 1.33. The van der Waals surface area contributed by atoms with Crippen molar-refractivity contribution >= 4 is 40.4 Å². The molecule has 0 bridgehead atoms. The lowest BCUT2D eigenvalue weighted by Crippen LogP contribution is -2.60. The number of β-amino-alcohol motifs (C(OH)–C–C–N with tert-alkyl or cyclic N) is 1. The number of para-hydroxylation sites is 1. The molecule has 2 aromatic carbocycles. The van der Waals surface area contributed by atoms with E-state index in [9.17, 15) is 19.5 Å². The van der Waals surface area contributed by atoms with Gasteiger partial charge in [0.2, 0.25) is 11.8 Å². The maximum Gasteiger partial charge on any atom is 0.270 e. The molecule has 52 heavy (non-hydrogen) atoms. The first-order valence-electron chi connectivity index (χ1n) is 18.0. The second kappa shape index (κ2) is 17.4. The number of aliphatic hydroxyl groups excluding tert-OH is 1. The van der Waals surface area contributed by atoms with E-state index < -0.39 is 41.6 Å². The molecule has 0 saturated carbocycles. The SMILES string of the molecule is Cc1ccnc(S[C@@H]2CCN(C[C@@H](O)[C@H](Cc3ccccc3)NC(=O)[C@@H](NC(=O)c3ccc4ccccc4n3)C(C)C)[C@H](C(=O)NC(C)(C)C)C2)n1. The van der Waals surface area contributed by atoms with Crippen LogP contribution in [-0.2, 0) is 16.0 Å². The Bertz CT molecular complexity index is 1830. The molecular formula is C40H51N7O4S. The molecule has 276 valence electrons. The normalized spacial score (nSPS) is 18.4. The summed E-state index contributed by atoms with van der Waals surface area (Å²) in [5, 5.41) is 22.7. The molecule has 0 radical (unpaired) electrons. The molecule has 2 aromatic heterocycles. The van der Waals surface area contributed by atoms with E-state index in [1.807, 2.05) is 113 Å². The van der Waals surface area contributed by atoms with E-state index in [1.54, 1.807) is 24.0 Å². The van der Waals surface area contributed by atoms with Crippen LogP contribution in [0.15, 0.2) is 84.1 Å². The van der Waals surface area contributed by atoms with Crippen molar-refractivity contribution < 1.29 is 19.5 Å². The van der Waals surface area contributed by atoms with Gasteiger partial charge in [-0.15, -0.1) is 0 Å². The molecule has 0 spiro atoms. The molecular weight excluding hydrogens is 675 g/mol. The summed E-state index contributed by atoms with van der Waals surface area (Å²) in [5.74, 6) is -1.22. The van der Waals surface area contributed by atoms with Gasteiger partial charge in [-0.1, -0.05) is 80.2 Å². The average Bonchev–Trinajstić information content (AvgIpc) is 3.10. The van der Waals surface area contributed by atoms with Crippen molar-refractivity contribution in [2.45, 2.75) is 101 Å². The van der Waals surface area contributed by atoms with E-state index in [0.29, 0.717) is 30.1 Å². The highest BCUT2D eigenvalue weighted by atomic mass is 32.2. The van der Waals surface area contributed by atoms with Crippen molar-refractivity contribution in [1.29, 1.82) is 0 Å². The number of benzene rings is 2. The number of nitrogens with one attached hydrogen (secondary N) is 3. The summed E-state index contributed by atoms with van der Waals surface area (Å²) in [4.78, 5) is 56.6. The minimum atomic E-state index is -1.02. The number of aryl methyl sites for hydroxylation is 1. The van der Waals surface area contributed by atoms with Gasteiger partial charge in [-0.25, -0.2) is 15.0 Å². The molecule has 1 aliphatic heterocycles. The van der Waals surface area contributed by atoms with Gasteiger partial charge in [0.15, 0.2) is 5.16 Å². The van der Waals surface area contributed by atoms with Gasteiger partial charge in [-0.3, -0.25) is 19.3 Å². The van der Waals surface area contributed by atoms with E-state index in [0.717, 1.165) is 23.1 Å². The average molecular weight is 726 g/mol. The first-order valence-corrected chi connectivity index (χ1v) is 18.8. The van der Waals surface area contributed by atoms with E-state index in [1.165, 1.54) is 0 Å². The number of aromatic nitrogens is 3. The number of fused-ring (bicyclic) bond motifs is 1. The molecule has 12 heteroatoms. The summed E-state index contributed by atoms with van der Waals surface area (Å²) in [5.41, 5.74) is 2.29. The van der Waals surface area contributed by atoms with Crippen molar-refractivity contribution in [3.63, 3.8) is 0 Å².